The van der Waals surface area contributed by atoms with Crippen molar-refractivity contribution in [2.45, 2.75) is 20.0 Å². The fraction of sp³-hybridized carbons (Fsp3) is 0.211. The first-order valence-corrected chi connectivity index (χ1v) is 7.92. The van der Waals surface area contributed by atoms with Crippen LogP contribution in [-0.2, 0) is 4.79 Å². The van der Waals surface area contributed by atoms with Crippen LogP contribution in [0, 0.1) is 0 Å². The molecule has 0 bridgehead atoms. The van der Waals surface area contributed by atoms with Crippen molar-refractivity contribution < 1.29 is 14.3 Å². The van der Waals surface area contributed by atoms with E-state index < -0.39 is 6.10 Å². The molecule has 1 atom stereocenters. The highest BCUT2D eigenvalue weighted by Gasteiger charge is 2.14. The number of benzene rings is 2. The average molecular weight is 346 g/mol. The molecule has 1 unspecified atom stereocenters. The Bertz CT molecular complexity index is 696. The molecule has 0 spiro atoms. The Morgan fingerprint density at radius 2 is 1.71 bits per heavy atom. The van der Waals surface area contributed by atoms with Gasteiger partial charge in [-0.2, -0.15) is 0 Å². The Kier molecular flexibility index (Phi) is 6.27. The number of hydrogen-bond acceptors (Lipinski definition) is 3. The smallest absolute Gasteiger partial charge is 0.265 e. The molecule has 5 heteroatoms. The minimum Gasteiger partial charge on any atom is -0.489 e. The molecule has 1 amide bonds. The molecule has 2 aromatic carbocycles. The molecule has 0 aromatic heterocycles. The van der Waals surface area contributed by atoms with Crippen molar-refractivity contribution in [2.24, 2.45) is 0 Å². The summed E-state index contributed by atoms with van der Waals surface area (Å²) in [5, 5.41) is 3.42. The quantitative estimate of drug-likeness (QED) is 0.740. The van der Waals surface area contributed by atoms with Gasteiger partial charge in [0, 0.05) is 10.7 Å². The van der Waals surface area contributed by atoms with Crippen LogP contribution < -0.4 is 14.8 Å². The van der Waals surface area contributed by atoms with Crippen LogP contribution in [-0.4, -0.2) is 18.6 Å². The SMILES string of the molecule is C=C(C)COc1ccc(NC(=O)C(C)Oc2ccc(Cl)cc2)cc1. The van der Waals surface area contributed by atoms with Crippen molar-refractivity contribution in [3.05, 3.63) is 65.7 Å². The van der Waals surface area contributed by atoms with E-state index in [2.05, 4.69) is 11.9 Å². The predicted molar refractivity (Wildman–Crippen MR) is 96.9 cm³/mol. The van der Waals surface area contributed by atoms with Crippen molar-refractivity contribution in [3.8, 4) is 11.5 Å². The van der Waals surface area contributed by atoms with Gasteiger partial charge in [0.25, 0.3) is 5.91 Å². The second kappa shape index (κ2) is 8.41. The molecule has 126 valence electrons. The highest BCUT2D eigenvalue weighted by molar-refractivity contribution is 6.30. The minimum absolute atomic E-state index is 0.236. The molecule has 24 heavy (non-hydrogen) atoms. The van der Waals surface area contributed by atoms with Crippen molar-refractivity contribution in [1.29, 1.82) is 0 Å². The third kappa shape index (κ3) is 5.63. The first-order valence-electron chi connectivity index (χ1n) is 7.54. The van der Waals surface area contributed by atoms with Crippen LogP contribution in [0.1, 0.15) is 13.8 Å². The van der Waals surface area contributed by atoms with Gasteiger partial charge in [0.05, 0.1) is 0 Å². The zero-order valence-corrected chi connectivity index (χ0v) is 14.5. The van der Waals surface area contributed by atoms with Gasteiger partial charge in [-0.25, -0.2) is 0 Å². The number of carbonyl (C=O) groups is 1. The van der Waals surface area contributed by atoms with Crippen LogP contribution in [0.15, 0.2) is 60.7 Å². The summed E-state index contributed by atoms with van der Waals surface area (Å²) in [5.74, 6) is 1.08. The summed E-state index contributed by atoms with van der Waals surface area (Å²) in [5.41, 5.74) is 1.62. The summed E-state index contributed by atoms with van der Waals surface area (Å²) >= 11 is 5.82. The van der Waals surface area contributed by atoms with Crippen molar-refractivity contribution in [1.82, 2.24) is 0 Å². The lowest BCUT2D eigenvalue weighted by Crippen LogP contribution is -2.30. The fourth-order valence-corrected chi connectivity index (χ4v) is 1.98. The van der Waals surface area contributed by atoms with E-state index in [1.165, 1.54) is 0 Å². The number of hydrogen-bond donors (Lipinski definition) is 1. The molecule has 0 radical (unpaired) electrons. The first-order chi connectivity index (χ1) is 11.4. The lowest BCUT2D eigenvalue weighted by molar-refractivity contribution is -0.122. The van der Waals surface area contributed by atoms with Crippen molar-refractivity contribution in [3.63, 3.8) is 0 Å². The van der Waals surface area contributed by atoms with Crippen molar-refractivity contribution >= 4 is 23.2 Å². The lowest BCUT2D eigenvalue weighted by Gasteiger charge is -2.15. The van der Waals surface area contributed by atoms with Gasteiger partial charge in [-0.3, -0.25) is 4.79 Å². The van der Waals surface area contributed by atoms with Gasteiger partial charge in [0.1, 0.15) is 18.1 Å². The van der Waals surface area contributed by atoms with Gasteiger partial charge < -0.3 is 14.8 Å². The highest BCUT2D eigenvalue weighted by atomic mass is 35.5. The maximum absolute atomic E-state index is 12.2. The van der Waals surface area contributed by atoms with Crippen molar-refractivity contribution in [2.75, 3.05) is 11.9 Å². The van der Waals surface area contributed by atoms with Gasteiger partial charge >= 0.3 is 0 Å². The molecular weight excluding hydrogens is 326 g/mol. The third-order valence-corrected chi connectivity index (χ3v) is 3.35. The van der Waals surface area contributed by atoms with Gasteiger partial charge in [-0.1, -0.05) is 18.2 Å². The number of halogens is 1. The van der Waals surface area contributed by atoms with Crippen LogP contribution in [0.5, 0.6) is 11.5 Å². The number of amides is 1. The fourth-order valence-electron chi connectivity index (χ4n) is 1.86. The molecule has 0 aliphatic heterocycles. The van der Waals surface area contributed by atoms with Gasteiger partial charge in [0.2, 0.25) is 0 Å². The van der Waals surface area contributed by atoms with Crippen LogP contribution in [0.25, 0.3) is 0 Å². The number of ether oxygens (including phenoxy) is 2. The van der Waals surface area contributed by atoms with E-state index in [1.54, 1.807) is 55.5 Å². The number of nitrogens with one attached hydrogen (secondary N) is 1. The number of anilines is 1. The molecule has 0 heterocycles. The second-order valence-corrected chi connectivity index (χ2v) is 5.91. The predicted octanol–water partition coefficient (Wildman–Crippen LogP) is 4.70. The standard InChI is InChI=1S/C19H20ClNO3/c1-13(2)12-23-17-10-6-16(7-11-17)21-19(22)14(3)24-18-8-4-15(20)5-9-18/h4-11,14H,1,12H2,2-3H3,(H,21,22). The van der Waals surface area contributed by atoms with Crippen LogP contribution in [0.4, 0.5) is 5.69 Å². The first kappa shape index (κ1) is 17.9. The molecule has 0 fully saturated rings. The summed E-state index contributed by atoms with van der Waals surface area (Å²) in [6, 6.07) is 14.0. The number of carbonyl (C=O) groups excluding carboxylic acids is 1. The zero-order chi connectivity index (χ0) is 17.5. The van der Waals surface area contributed by atoms with E-state index in [0.29, 0.717) is 23.1 Å². The summed E-state index contributed by atoms with van der Waals surface area (Å²) in [4.78, 5) is 12.2. The Labute approximate surface area is 147 Å². The van der Waals surface area contributed by atoms with Gasteiger partial charge in [-0.05, 0) is 68.0 Å². The van der Waals surface area contributed by atoms with Gasteiger partial charge in [0.15, 0.2) is 6.10 Å². The van der Waals surface area contributed by atoms with E-state index in [1.807, 2.05) is 6.92 Å². The van der Waals surface area contributed by atoms with Crippen LogP contribution >= 0.6 is 11.6 Å². The normalized spacial score (nSPS) is 11.5. The monoisotopic (exact) mass is 345 g/mol. The van der Waals surface area contributed by atoms with E-state index in [0.717, 1.165) is 11.3 Å². The molecule has 0 saturated heterocycles. The molecule has 1 N–H and O–H groups in total. The maximum atomic E-state index is 12.2. The molecule has 4 nitrogen and oxygen atoms in total. The summed E-state index contributed by atoms with van der Waals surface area (Å²) in [6.45, 7) is 7.84. The maximum Gasteiger partial charge on any atom is 0.265 e. The Hall–Kier alpha value is -2.46. The Morgan fingerprint density at radius 3 is 2.29 bits per heavy atom. The summed E-state index contributed by atoms with van der Waals surface area (Å²) < 4.78 is 11.1. The van der Waals surface area contributed by atoms with Gasteiger partial charge in [-0.15, -0.1) is 0 Å². The minimum atomic E-state index is -0.634. The number of rotatable bonds is 7. The van der Waals surface area contributed by atoms with Crippen LogP contribution in [0.3, 0.4) is 0 Å². The van der Waals surface area contributed by atoms with E-state index in [-0.39, 0.29) is 5.91 Å². The summed E-state index contributed by atoms with van der Waals surface area (Å²) in [6.07, 6.45) is -0.634. The topological polar surface area (TPSA) is 47.6 Å². The molecule has 0 saturated carbocycles. The molecular formula is C19H20ClNO3. The van der Waals surface area contributed by atoms with Crippen LogP contribution in [0.2, 0.25) is 5.02 Å². The Balaban J connectivity index is 1.88. The van der Waals surface area contributed by atoms with E-state index in [9.17, 15) is 4.79 Å². The molecule has 2 aromatic rings. The molecule has 0 aliphatic carbocycles. The van der Waals surface area contributed by atoms with E-state index in [4.69, 9.17) is 21.1 Å². The van der Waals surface area contributed by atoms with E-state index >= 15 is 0 Å². The second-order valence-electron chi connectivity index (χ2n) is 5.47. The zero-order valence-electron chi connectivity index (χ0n) is 13.7. The highest BCUT2D eigenvalue weighted by Crippen LogP contribution is 2.19. The summed E-state index contributed by atoms with van der Waals surface area (Å²) in [7, 11) is 0. The lowest BCUT2D eigenvalue weighted by atomic mass is 10.2. The third-order valence-electron chi connectivity index (χ3n) is 3.10. The largest absolute Gasteiger partial charge is 0.489 e. The average Bonchev–Trinajstić information content (AvgIpc) is 2.56. The molecule has 2 rings (SSSR count). The molecule has 0 aliphatic rings. The Morgan fingerprint density at radius 1 is 1.12 bits per heavy atom.